The topological polar surface area (TPSA) is 64.1 Å². The van der Waals surface area contributed by atoms with Gasteiger partial charge in [-0.3, -0.25) is 0 Å². The first-order valence-corrected chi connectivity index (χ1v) is 10.8. The zero-order valence-electron chi connectivity index (χ0n) is 13.5. The Morgan fingerprint density at radius 1 is 1.17 bits per heavy atom. The molecule has 4 bridgehead atoms. The molecule has 0 radical (unpaired) electrons. The van der Waals surface area contributed by atoms with Crippen LogP contribution in [0.5, 0.6) is 0 Å². The normalized spacial score (nSPS) is 35.8. The van der Waals surface area contributed by atoms with Gasteiger partial charge in [0, 0.05) is 6.20 Å². The van der Waals surface area contributed by atoms with Gasteiger partial charge in [0.15, 0.2) is 9.84 Å². The molecule has 0 aromatic carbocycles. The van der Waals surface area contributed by atoms with E-state index in [1.54, 1.807) is 12.1 Å². The molecule has 4 saturated carbocycles. The van der Waals surface area contributed by atoms with Crippen LogP contribution in [0.4, 0.5) is 0 Å². The molecule has 4 aliphatic carbocycles. The molecule has 6 heteroatoms. The van der Waals surface area contributed by atoms with E-state index in [1.165, 1.54) is 25.5 Å². The molecule has 24 heavy (non-hydrogen) atoms. The van der Waals surface area contributed by atoms with Gasteiger partial charge < -0.3 is 4.79 Å². The number of hydrogen-bond donors (Lipinski definition) is 0. The largest absolute Gasteiger partial charge is 0.302 e. The van der Waals surface area contributed by atoms with Crippen molar-refractivity contribution in [1.82, 2.24) is 4.98 Å². The molecule has 1 unspecified atom stereocenters. The lowest BCUT2D eigenvalue weighted by atomic mass is 9.49. The van der Waals surface area contributed by atoms with Crippen molar-refractivity contribution in [3.8, 4) is 0 Å². The highest BCUT2D eigenvalue weighted by atomic mass is 35.5. The van der Waals surface area contributed by atoms with Crippen molar-refractivity contribution in [1.29, 1.82) is 0 Å². The quantitative estimate of drug-likeness (QED) is 0.590. The molecule has 1 aromatic rings. The molecule has 0 amide bonds. The lowest BCUT2D eigenvalue weighted by Gasteiger charge is -2.58. The van der Waals surface area contributed by atoms with Crippen LogP contribution in [0.3, 0.4) is 0 Å². The van der Waals surface area contributed by atoms with E-state index in [4.69, 9.17) is 11.6 Å². The highest BCUT2D eigenvalue weighted by Gasteiger charge is 2.57. The summed E-state index contributed by atoms with van der Waals surface area (Å²) in [5.41, 5.74) is 0.269. The lowest BCUT2D eigenvalue weighted by molar-refractivity contribution is -0.115. The molecule has 4 aliphatic rings. The third kappa shape index (κ3) is 2.80. The summed E-state index contributed by atoms with van der Waals surface area (Å²) >= 11 is 5.77. The van der Waals surface area contributed by atoms with Crippen molar-refractivity contribution < 1.29 is 13.2 Å². The van der Waals surface area contributed by atoms with Gasteiger partial charge in [-0.1, -0.05) is 17.7 Å². The van der Waals surface area contributed by atoms with Gasteiger partial charge in [0.2, 0.25) is 0 Å². The lowest BCUT2D eigenvalue weighted by Crippen LogP contribution is -2.54. The second-order valence-corrected chi connectivity index (χ2v) is 10.6. The molecule has 130 valence electrons. The van der Waals surface area contributed by atoms with Crippen LogP contribution in [0.15, 0.2) is 18.3 Å². The average Bonchev–Trinajstić information content (AvgIpc) is 2.48. The highest BCUT2D eigenvalue weighted by molar-refractivity contribution is 7.92. The van der Waals surface area contributed by atoms with Gasteiger partial charge in [-0.05, 0) is 73.3 Å². The van der Waals surface area contributed by atoms with E-state index in [0.29, 0.717) is 34.8 Å². The first-order chi connectivity index (χ1) is 11.4. The number of carbonyl (C=O) groups is 1. The predicted molar refractivity (Wildman–Crippen MR) is 92.3 cm³/mol. The minimum Gasteiger partial charge on any atom is -0.302 e. The molecule has 1 heterocycles. The van der Waals surface area contributed by atoms with E-state index < -0.39 is 15.1 Å². The average molecular weight is 368 g/mol. The van der Waals surface area contributed by atoms with Crippen molar-refractivity contribution in [2.75, 3.05) is 0 Å². The number of halogens is 1. The standard InChI is InChI=1S/C18H22ClNO3S/c19-17-2-1-12(9-20-17)11-24(22,23)16(10-21)18-6-13-3-14(7-18)5-15(4-13)8-18/h1-2,9-10,13-16H,3-8,11H2. The molecule has 1 aromatic heterocycles. The SMILES string of the molecule is O=CC(C12CC3CC(CC(C3)C1)C2)S(=O)(=O)Cc1ccc(Cl)nc1. The molecule has 0 saturated heterocycles. The van der Waals surface area contributed by atoms with Crippen LogP contribution in [0.25, 0.3) is 0 Å². The zero-order chi connectivity index (χ0) is 16.9. The highest BCUT2D eigenvalue weighted by Crippen LogP contribution is 2.62. The van der Waals surface area contributed by atoms with Crippen molar-refractivity contribution in [3.63, 3.8) is 0 Å². The Balaban J connectivity index is 1.62. The van der Waals surface area contributed by atoms with E-state index in [0.717, 1.165) is 19.3 Å². The maximum Gasteiger partial charge on any atom is 0.164 e. The van der Waals surface area contributed by atoms with Gasteiger partial charge in [-0.15, -0.1) is 0 Å². The molecule has 5 rings (SSSR count). The second kappa shape index (κ2) is 5.80. The number of carbonyl (C=O) groups excluding carboxylic acids is 1. The summed E-state index contributed by atoms with van der Waals surface area (Å²) in [4.78, 5) is 15.8. The summed E-state index contributed by atoms with van der Waals surface area (Å²) in [5, 5.41) is -0.543. The first kappa shape index (κ1) is 16.5. The van der Waals surface area contributed by atoms with Gasteiger partial charge >= 0.3 is 0 Å². The Morgan fingerprint density at radius 3 is 2.21 bits per heavy atom. The van der Waals surface area contributed by atoms with Crippen LogP contribution in [0.1, 0.15) is 44.1 Å². The van der Waals surface area contributed by atoms with Gasteiger partial charge in [-0.2, -0.15) is 0 Å². The number of nitrogens with zero attached hydrogens (tertiary/aromatic N) is 1. The van der Waals surface area contributed by atoms with Crippen LogP contribution < -0.4 is 0 Å². The molecule has 0 aliphatic heterocycles. The molecule has 0 N–H and O–H groups in total. The third-order valence-corrected chi connectivity index (χ3v) is 8.70. The predicted octanol–water partition coefficient (Wildman–Crippen LogP) is 3.43. The molecule has 0 spiro atoms. The maximum absolute atomic E-state index is 13.0. The van der Waals surface area contributed by atoms with E-state index in [2.05, 4.69) is 4.98 Å². The van der Waals surface area contributed by atoms with Crippen molar-refractivity contribution in [2.45, 2.75) is 49.5 Å². The van der Waals surface area contributed by atoms with Gasteiger partial charge in [0.1, 0.15) is 16.7 Å². The summed E-state index contributed by atoms with van der Waals surface area (Å²) in [6.07, 6.45) is 8.60. The number of hydrogen-bond acceptors (Lipinski definition) is 4. The number of pyridine rings is 1. The maximum atomic E-state index is 13.0. The van der Waals surface area contributed by atoms with E-state index in [1.807, 2.05) is 0 Å². The fraction of sp³-hybridized carbons (Fsp3) is 0.667. The monoisotopic (exact) mass is 367 g/mol. The molecule has 4 nitrogen and oxygen atoms in total. The van der Waals surface area contributed by atoms with Crippen molar-refractivity contribution in [3.05, 3.63) is 29.0 Å². The summed E-state index contributed by atoms with van der Waals surface area (Å²) in [5.74, 6) is 1.71. The fourth-order valence-corrected chi connectivity index (χ4v) is 8.10. The number of aldehydes is 1. The Labute approximate surface area is 147 Å². The Morgan fingerprint density at radius 2 is 1.75 bits per heavy atom. The molecule has 4 fully saturated rings. The molecule has 1 atom stereocenters. The number of rotatable bonds is 5. The zero-order valence-corrected chi connectivity index (χ0v) is 15.1. The van der Waals surface area contributed by atoms with Crippen molar-refractivity contribution >= 4 is 27.7 Å². The van der Waals surface area contributed by atoms with Crippen molar-refractivity contribution in [2.24, 2.45) is 23.2 Å². The van der Waals surface area contributed by atoms with Crippen LogP contribution in [0.2, 0.25) is 5.15 Å². The van der Waals surface area contributed by atoms with E-state index >= 15 is 0 Å². The van der Waals surface area contributed by atoms with Gasteiger partial charge in [-0.25, -0.2) is 13.4 Å². The van der Waals surface area contributed by atoms with Crippen LogP contribution in [0, 0.1) is 23.2 Å². The minimum atomic E-state index is -3.55. The summed E-state index contributed by atoms with van der Waals surface area (Å²) in [6.45, 7) is 0. The Hall–Kier alpha value is -0.940. The summed E-state index contributed by atoms with van der Waals surface area (Å²) in [7, 11) is -3.55. The van der Waals surface area contributed by atoms with Crippen LogP contribution in [-0.4, -0.2) is 24.9 Å². The first-order valence-electron chi connectivity index (χ1n) is 8.67. The number of aromatic nitrogens is 1. The van der Waals surface area contributed by atoms with E-state index in [-0.39, 0.29) is 11.2 Å². The Kier molecular flexibility index (Phi) is 4.00. The summed E-state index contributed by atoms with van der Waals surface area (Å²) in [6, 6.07) is 3.27. The second-order valence-electron chi connectivity index (χ2n) is 8.13. The smallest absolute Gasteiger partial charge is 0.164 e. The fourth-order valence-electron chi connectivity index (χ4n) is 5.95. The molecular formula is C18H22ClNO3S. The molecular weight excluding hydrogens is 346 g/mol. The summed E-state index contributed by atoms with van der Waals surface area (Å²) < 4.78 is 26.1. The van der Waals surface area contributed by atoms with Gasteiger partial charge in [0.05, 0.1) is 5.75 Å². The number of sulfone groups is 1. The van der Waals surface area contributed by atoms with Crippen LogP contribution in [-0.2, 0) is 20.4 Å². The van der Waals surface area contributed by atoms with Gasteiger partial charge in [0.25, 0.3) is 0 Å². The van der Waals surface area contributed by atoms with E-state index in [9.17, 15) is 13.2 Å². The Bertz CT molecular complexity index is 709. The third-order valence-electron chi connectivity index (χ3n) is 6.36. The minimum absolute atomic E-state index is 0.137. The van der Waals surface area contributed by atoms with Crippen LogP contribution >= 0.6 is 11.6 Å².